The van der Waals surface area contributed by atoms with Crippen molar-refractivity contribution in [3.63, 3.8) is 0 Å². The molecule has 0 radical (unpaired) electrons. The Bertz CT molecular complexity index is 1220. The van der Waals surface area contributed by atoms with Gasteiger partial charge in [0.05, 0.1) is 17.2 Å². The van der Waals surface area contributed by atoms with Gasteiger partial charge >= 0.3 is 0 Å². The van der Waals surface area contributed by atoms with Crippen LogP contribution in [0.2, 0.25) is 0 Å². The van der Waals surface area contributed by atoms with Crippen LogP contribution in [0, 0.1) is 6.92 Å². The Hall–Kier alpha value is -2.90. The number of carbonyl (C=O) groups is 1. The topological polar surface area (TPSA) is 47.4 Å². The SMILES string of the molecule is CCCCCN1C(=O)C(=Cc2cn(-c3ccccc3)nc2-c2ccc(OCC)cc2C)SC1=S. The van der Waals surface area contributed by atoms with Gasteiger partial charge in [-0.3, -0.25) is 9.69 Å². The summed E-state index contributed by atoms with van der Waals surface area (Å²) in [6.45, 7) is 7.47. The first-order chi connectivity index (χ1) is 16.5. The number of rotatable bonds is 9. The van der Waals surface area contributed by atoms with E-state index in [0.717, 1.165) is 53.1 Å². The number of unbranched alkanes of at least 4 members (excludes halogenated alkanes) is 2. The second-order valence-corrected chi connectivity index (χ2v) is 9.84. The second kappa shape index (κ2) is 11.0. The van der Waals surface area contributed by atoms with Gasteiger partial charge in [-0.1, -0.05) is 61.9 Å². The number of amides is 1. The van der Waals surface area contributed by atoms with Crippen LogP contribution in [0.1, 0.15) is 44.2 Å². The molecule has 7 heteroatoms. The molecule has 176 valence electrons. The van der Waals surface area contributed by atoms with Gasteiger partial charge < -0.3 is 4.74 Å². The molecule has 1 amide bonds. The highest BCUT2D eigenvalue weighted by atomic mass is 32.2. The monoisotopic (exact) mass is 491 g/mol. The predicted molar refractivity (Wildman–Crippen MR) is 144 cm³/mol. The molecule has 0 N–H and O–H groups in total. The van der Waals surface area contributed by atoms with Crippen LogP contribution in [0.25, 0.3) is 23.0 Å². The van der Waals surface area contributed by atoms with E-state index in [-0.39, 0.29) is 5.91 Å². The Labute approximate surface area is 210 Å². The Balaban J connectivity index is 1.74. The Morgan fingerprint density at radius 1 is 1.12 bits per heavy atom. The van der Waals surface area contributed by atoms with Crippen molar-refractivity contribution in [1.82, 2.24) is 14.7 Å². The van der Waals surface area contributed by atoms with E-state index in [9.17, 15) is 4.79 Å². The van der Waals surface area contributed by atoms with Crippen LogP contribution in [0.5, 0.6) is 5.75 Å². The maximum atomic E-state index is 13.1. The molecule has 4 rings (SSSR count). The van der Waals surface area contributed by atoms with Gasteiger partial charge in [-0.05, 0) is 62.2 Å². The fourth-order valence-electron chi connectivity index (χ4n) is 3.93. The molecule has 0 saturated carbocycles. The van der Waals surface area contributed by atoms with Crippen molar-refractivity contribution >= 4 is 40.3 Å². The molecule has 0 bridgehead atoms. The molecule has 1 aliphatic heterocycles. The minimum Gasteiger partial charge on any atom is -0.494 e. The number of para-hydroxylation sites is 1. The van der Waals surface area contributed by atoms with Crippen LogP contribution < -0.4 is 4.74 Å². The highest BCUT2D eigenvalue weighted by molar-refractivity contribution is 8.26. The molecule has 2 aromatic carbocycles. The summed E-state index contributed by atoms with van der Waals surface area (Å²) < 4.78 is 8.15. The lowest BCUT2D eigenvalue weighted by Gasteiger charge is -2.13. The molecule has 34 heavy (non-hydrogen) atoms. The third kappa shape index (κ3) is 5.26. The van der Waals surface area contributed by atoms with Crippen molar-refractivity contribution < 1.29 is 9.53 Å². The van der Waals surface area contributed by atoms with Gasteiger partial charge in [-0.25, -0.2) is 4.68 Å². The summed E-state index contributed by atoms with van der Waals surface area (Å²) in [6.07, 6.45) is 7.05. The molecule has 1 aromatic heterocycles. The number of thioether (sulfide) groups is 1. The normalized spacial score (nSPS) is 14.9. The molecule has 1 saturated heterocycles. The van der Waals surface area contributed by atoms with Gasteiger partial charge in [0.2, 0.25) is 0 Å². The first-order valence-electron chi connectivity index (χ1n) is 11.7. The molecule has 0 spiro atoms. The average molecular weight is 492 g/mol. The first-order valence-corrected chi connectivity index (χ1v) is 12.9. The van der Waals surface area contributed by atoms with Crippen LogP contribution in [-0.2, 0) is 4.79 Å². The number of benzene rings is 2. The fourth-order valence-corrected chi connectivity index (χ4v) is 5.23. The standard InChI is InChI=1S/C27H29N3O2S2/c1-4-6-10-15-29-26(31)24(34-27(29)33)17-20-18-30(21-11-8-7-9-12-21)28-25(20)23-14-13-22(32-5-2)16-19(23)3/h7-9,11-14,16-18H,4-6,10,15H2,1-3H3. The molecule has 5 nitrogen and oxygen atoms in total. The minimum absolute atomic E-state index is 0.0204. The van der Waals surface area contributed by atoms with Crippen molar-refractivity contribution in [2.45, 2.75) is 40.0 Å². The molecular weight excluding hydrogens is 462 g/mol. The number of carbonyl (C=O) groups excluding carboxylic acids is 1. The average Bonchev–Trinajstić information content (AvgIpc) is 3.36. The molecule has 1 fully saturated rings. The van der Waals surface area contributed by atoms with Crippen LogP contribution in [0.15, 0.2) is 59.6 Å². The van der Waals surface area contributed by atoms with Crippen molar-refractivity contribution in [2.24, 2.45) is 0 Å². The third-order valence-corrected chi connectivity index (χ3v) is 7.05. The lowest BCUT2D eigenvalue weighted by Crippen LogP contribution is -2.28. The zero-order chi connectivity index (χ0) is 24.1. The molecule has 2 heterocycles. The summed E-state index contributed by atoms with van der Waals surface area (Å²) in [5, 5.41) is 4.92. The summed E-state index contributed by atoms with van der Waals surface area (Å²) in [6, 6.07) is 16.0. The molecule has 0 aliphatic carbocycles. The van der Waals surface area contributed by atoms with Gasteiger partial charge in [-0.15, -0.1) is 0 Å². The van der Waals surface area contributed by atoms with Gasteiger partial charge in [0.25, 0.3) is 5.91 Å². The van der Waals surface area contributed by atoms with E-state index in [2.05, 4.69) is 13.8 Å². The molecule has 0 atom stereocenters. The largest absolute Gasteiger partial charge is 0.494 e. The van der Waals surface area contributed by atoms with Crippen molar-refractivity contribution in [1.29, 1.82) is 0 Å². The van der Waals surface area contributed by atoms with Crippen LogP contribution in [-0.4, -0.2) is 38.1 Å². The predicted octanol–water partition coefficient (Wildman–Crippen LogP) is 6.64. The number of aromatic nitrogens is 2. The van der Waals surface area contributed by atoms with Gasteiger partial charge in [-0.2, -0.15) is 5.10 Å². The summed E-state index contributed by atoms with van der Waals surface area (Å²) in [4.78, 5) is 15.5. The van der Waals surface area contributed by atoms with Gasteiger partial charge in [0.1, 0.15) is 15.8 Å². The zero-order valence-corrected chi connectivity index (χ0v) is 21.4. The fraction of sp³-hybridized carbons (Fsp3) is 0.296. The summed E-state index contributed by atoms with van der Waals surface area (Å²) in [5.74, 6) is 0.814. The Morgan fingerprint density at radius 3 is 2.62 bits per heavy atom. The summed E-state index contributed by atoms with van der Waals surface area (Å²) >= 11 is 6.89. The maximum Gasteiger partial charge on any atom is 0.266 e. The van der Waals surface area contributed by atoms with Crippen molar-refractivity contribution in [3.05, 3.63) is 70.8 Å². The second-order valence-electron chi connectivity index (χ2n) is 8.16. The lowest BCUT2D eigenvalue weighted by molar-refractivity contribution is -0.122. The number of ether oxygens (including phenoxy) is 1. The van der Waals surface area contributed by atoms with E-state index >= 15 is 0 Å². The zero-order valence-electron chi connectivity index (χ0n) is 19.8. The maximum absolute atomic E-state index is 13.1. The van der Waals surface area contributed by atoms with Gasteiger partial charge in [0.15, 0.2) is 0 Å². The number of nitrogens with zero attached hydrogens (tertiary/aromatic N) is 3. The van der Waals surface area contributed by atoms with E-state index in [0.29, 0.717) is 22.4 Å². The highest BCUT2D eigenvalue weighted by Crippen LogP contribution is 2.36. The van der Waals surface area contributed by atoms with E-state index in [1.807, 2.05) is 72.4 Å². The number of thiocarbonyl (C=S) groups is 1. The summed E-state index contributed by atoms with van der Waals surface area (Å²) in [5.41, 5.74) is 4.72. The Kier molecular flexibility index (Phi) is 7.85. The molecule has 3 aromatic rings. The highest BCUT2D eigenvalue weighted by Gasteiger charge is 2.32. The lowest BCUT2D eigenvalue weighted by atomic mass is 10.0. The number of hydrogen-bond acceptors (Lipinski definition) is 5. The minimum atomic E-state index is -0.0204. The molecular formula is C27H29N3O2S2. The van der Waals surface area contributed by atoms with E-state index in [1.165, 1.54) is 11.8 Å². The third-order valence-electron chi connectivity index (χ3n) is 5.67. The van der Waals surface area contributed by atoms with Crippen LogP contribution in [0.3, 0.4) is 0 Å². The smallest absolute Gasteiger partial charge is 0.266 e. The quantitative estimate of drug-likeness (QED) is 0.191. The number of aryl methyl sites for hydroxylation is 1. The first kappa shape index (κ1) is 24.2. The molecule has 1 aliphatic rings. The van der Waals surface area contributed by atoms with Crippen LogP contribution in [0.4, 0.5) is 0 Å². The van der Waals surface area contributed by atoms with E-state index < -0.39 is 0 Å². The van der Waals surface area contributed by atoms with Crippen LogP contribution >= 0.6 is 24.0 Å². The van der Waals surface area contributed by atoms with Gasteiger partial charge in [0, 0.05) is 23.9 Å². The van der Waals surface area contributed by atoms with Crippen molar-refractivity contribution in [3.8, 4) is 22.7 Å². The van der Waals surface area contributed by atoms with E-state index in [4.69, 9.17) is 22.1 Å². The van der Waals surface area contributed by atoms with Crippen molar-refractivity contribution in [2.75, 3.05) is 13.2 Å². The molecule has 0 unspecified atom stereocenters. The van der Waals surface area contributed by atoms with E-state index in [1.54, 1.807) is 4.90 Å². The summed E-state index contributed by atoms with van der Waals surface area (Å²) in [7, 11) is 0. The number of hydrogen-bond donors (Lipinski definition) is 0. The Morgan fingerprint density at radius 2 is 1.91 bits per heavy atom.